The van der Waals surface area contributed by atoms with Crippen LogP contribution in [0.4, 0.5) is 4.79 Å². The third kappa shape index (κ3) is 3.61. The van der Waals surface area contributed by atoms with E-state index in [4.69, 9.17) is 5.11 Å². The number of carbonyl (C=O) groups is 1. The molecule has 0 heterocycles. The summed E-state index contributed by atoms with van der Waals surface area (Å²) in [6.07, 6.45) is 1.94. The fraction of sp³-hybridized carbons (Fsp3) is 0.875. The molecule has 0 radical (unpaired) electrons. The Morgan fingerprint density at radius 2 is 2.23 bits per heavy atom. The van der Waals surface area contributed by atoms with Crippen molar-refractivity contribution in [2.24, 2.45) is 0 Å². The second kappa shape index (κ2) is 5.04. The minimum Gasteiger partial charge on any atom is -0.395 e. The van der Waals surface area contributed by atoms with Crippen LogP contribution in [0.3, 0.4) is 0 Å². The van der Waals surface area contributed by atoms with E-state index in [1.807, 2.05) is 0 Å². The number of urea groups is 1. The van der Waals surface area contributed by atoms with Crippen LogP contribution in [0.25, 0.3) is 0 Å². The van der Waals surface area contributed by atoms with Gasteiger partial charge in [0.1, 0.15) is 0 Å². The summed E-state index contributed by atoms with van der Waals surface area (Å²) >= 11 is 0. The number of amides is 2. The van der Waals surface area contributed by atoms with Crippen LogP contribution >= 0.6 is 0 Å². The van der Waals surface area contributed by atoms with Crippen molar-refractivity contribution in [2.45, 2.75) is 31.4 Å². The molecule has 0 aromatic heterocycles. The second-order valence-electron chi connectivity index (χ2n) is 3.29. The van der Waals surface area contributed by atoms with Gasteiger partial charge in [0.15, 0.2) is 0 Å². The van der Waals surface area contributed by atoms with Gasteiger partial charge in [-0.25, -0.2) is 4.79 Å². The molecule has 2 amide bonds. The molecule has 0 spiro atoms. The summed E-state index contributed by atoms with van der Waals surface area (Å²) in [5.74, 6) is 0. The lowest BCUT2D eigenvalue weighted by Crippen LogP contribution is -2.42. The Kier molecular flexibility index (Phi) is 3.98. The number of rotatable bonds is 3. The monoisotopic (exact) mass is 188 g/mol. The first-order chi connectivity index (χ1) is 6.22. The summed E-state index contributed by atoms with van der Waals surface area (Å²) < 4.78 is 0. The molecule has 4 N–H and O–H groups in total. The maximum Gasteiger partial charge on any atom is 0.315 e. The van der Waals surface area contributed by atoms with Crippen molar-refractivity contribution in [1.82, 2.24) is 10.6 Å². The van der Waals surface area contributed by atoms with Crippen LogP contribution in [0.5, 0.6) is 0 Å². The zero-order chi connectivity index (χ0) is 9.68. The smallest absolute Gasteiger partial charge is 0.315 e. The zero-order valence-corrected chi connectivity index (χ0v) is 7.49. The van der Waals surface area contributed by atoms with Crippen LogP contribution < -0.4 is 10.6 Å². The molecule has 5 nitrogen and oxygen atoms in total. The molecule has 1 saturated carbocycles. The van der Waals surface area contributed by atoms with Gasteiger partial charge in [0.05, 0.1) is 12.7 Å². The molecular formula is C8H16N2O3. The Bertz CT molecular complexity index is 175. The predicted molar refractivity (Wildman–Crippen MR) is 47.3 cm³/mol. The van der Waals surface area contributed by atoms with Crippen LogP contribution in [-0.2, 0) is 0 Å². The van der Waals surface area contributed by atoms with Crippen molar-refractivity contribution in [2.75, 3.05) is 13.2 Å². The number of aliphatic hydroxyl groups is 2. The topological polar surface area (TPSA) is 81.6 Å². The highest BCUT2D eigenvalue weighted by molar-refractivity contribution is 5.74. The number of hydrogen-bond acceptors (Lipinski definition) is 3. The van der Waals surface area contributed by atoms with E-state index in [0.29, 0.717) is 6.42 Å². The first-order valence-corrected chi connectivity index (χ1v) is 4.55. The minimum atomic E-state index is -0.275. The Morgan fingerprint density at radius 3 is 2.77 bits per heavy atom. The SMILES string of the molecule is O=C(NCCO)N[C@H]1CC[C@@H](O)C1. The Morgan fingerprint density at radius 1 is 1.46 bits per heavy atom. The van der Waals surface area contributed by atoms with Gasteiger partial charge in [0.2, 0.25) is 0 Å². The van der Waals surface area contributed by atoms with Crippen LogP contribution in [0, 0.1) is 0 Å². The van der Waals surface area contributed by atoms with Crippen molar-refractivity contribution in [3.63, 3.8) is 0 Å². The molecule has 5 heteroatoms. The van der Waals surface area contributed by atoms with Gasteiger partial charge in [-0.15, -0.1) is 0 Å². The van der Waals surface area contributed by atoms with E-state index in [1.54, 1.807) is 0 Å². The predicted octanol–water partition coefficient (Wildman–Crippen LogP) is -0.809. The van der Waals surface area contributed by atoms with Crippen molar-refractivity contribution >= 4 is 6.03 Å². The number of aliphatic hydroxyl groups excluding tert-OH is 2. The van der Waals surface area contributed by atoms with Crippen LogP contribution in [0.1, 0.15) is 19.3 Å². The van der Waals surface area contributed by atoms with E-state index in [-0.39, 0.29) is 31.3 Å². The second-order valence-corrected chi connectivity index (χ2v) is 3.29. The van der Waals surface area contributed by atoms with Crippen LogP contribution in [-0.4, -0.2) is 41.5 Å². The number of carbonyl (C=O) groups excluding carboxylic acids is 1. The molecule has 1 aliphatic carbocycles. The molecule has 0 aromatic carbocycles. The first-order valence-electron chi connectivity index (χ1n) is 4.55. The maximum absolute atomic E-state index is 11.0. The van der Waals surface area contributed by atoms with Gasteiger partial charge in [0.25, 0.3) is 0 Å². The summed E-state index contributed by atoms with van der Waals surface area (Å²) in [5.41, 5.74) is 0. The molecule has 0 aromatic rings. The fourth-order valence-electron chi connectivity index (χ4n) is 1.49. The molecule has 13 heavy (non-hydrogen) atoms. The van der Waals surface area contributed by atoms with Gasteiger partial charge in [0, 0.05) is 12.6 Å². The maximum atomic E-state index is 11.0. The summed E-state index contributed by atoms with van der Waals surface area (Å²) in [4.78, 5) is 11.0. The van der Waals surface area contributed by atoms with E-state index in [2.05, 4.69) is 10.6 Å². The lowest BCUT2D eigenvalue weighted by Gasteiger charge is -2.12. The molecule has 0 bridgehead atoms. The Balaban J connectivity index is 2.13. The molecule has 0 saturated heterocycles. The van der Waals surface area contributed by atoms with Crippen molar-refractivity contribution in [3.05, 3.63) is 0 Å². The van der Waals surface area contributed by atoms with Gasteiger partial charge in [-0.1, -0.05) is 0 Å². The molecule has 76 valence electrons. The van der Waals surface area contributed by atoms with Gasteiger partial charge < -0.3 is 20.8 Å². The third-order valence-electron chi connectivity index (χ3n) is 2.14. The standard InChI is InChI=1S/C8H16N2O3/c11-4-3-9-8(13)10-6-1-2-7(12)5-6/h6-7,11-12H,1-5H2,(H2,9,10,13)/t6-,7+/m0/s1. The molecule has 0 aliphatic heterocycles. The third-order valence-corrected chi connectivity index (χ3v) is 2.14. The first kappa shape index (κ1) is 10.3. The van der Waals surface area contributed by atoms with Gasteiger partial charge in [-0.3, -0.25) is 0 Å². The molecular weight excluding hydrogens is 172 g/mol. The lowest BCUT2D eigenvalue weighted by molar-refractivity contribution is 0.179. The summed E-state index contributed by atoms with van der Waals surface area (Å²) in [6.45, 7) is 0.210. The normalized spacial score (nSPS) is 27.2. The van der Waals surface area contributed by atoms with E-state index in [9.17, 15) is 9.90 Å². The number of nitrogens with one attached hydrogen (secondary N) is 2. The summed E-state index contributed by atoms with van der Waals surface area (Å²) in [5, 5.41) is 22.8. The quantitative estimate of drug-likeness (QED) is 0.467. The van der Waals surface area contributed by atoms with Gasteiger partial charge in [-0.2, -0.15) is 0 Å². The van der Waals surface area contributed by atoms with Crippen molar-refractivity contribution < 1.29 is 15.0 Å². The molecule has 1 rings (SSSR count). The fourth-order valence-corrected chi connectivity index (χ4v) is 1.49. The molecule has 1 fully saturated rings. The van der Waals surface area contributed by atoms with E-state index < -0.39 is 0 Å². The van der Waals surface area contributed by atoms with Gasteiger partial charge in [-0.05, 0) is 19.3 Å². The van der Waals surface area contributed by atoms with Gasteiger partial charge >= 0.3 is 6.03 Å². The highest BCUT2D eigenvalue weighted by Crippen LogP contribution is 2.18. The highest BCUT2D eigenvalue weighted by atomic mass is 16.3. The zero-order valence-electron chi connectivity index (χ0n) is 7.49. The van der Waals surface area contributed by atoms with E-state index in [1.165, 1.54) is 0 Å². The van der Waals surface area contributed by atoms with E-state index >= 15 is 0 Å². The molecule has 1 aliphatic rings. The van der Waals surface area contributed by atoms with Crippen LogP contribution in [0.15, 0.2) is 0 Å². The average Bonchev–Trinajstić information content (AvgIpc) is 2.48. The minimum absolute atomic E-state index is 0.0548. The Hall–Kier alpha value is -0.810. The number of hydrogen-bond donors (Lipinski definition) is 4. The Labute approximate surface area is 77.1 Å². The lowest BCUT2D eigenvalue weighted by atomic mass is 10.2. The van der Waals surface area contributed by atoms with Crippen molar-refractivity contribution in [1.29, 1.82) is 0 Å². The highest BCUT2D eigenvalue weighted by Gasteiger charge is 2.23. The van der Waals surface area contributed by atoms with E-state index in [0.717, 1.165) is 12.8 Å². The summed E-state index contributed by atoms with van der Waals surface area (Å²) in [6, 6.07) is -0.193. The van der Waals surface area contributed by atoms with Crippen LogP contribution in [0.2, 0.25) is 0 Å². The molecule has 0 unspecified atom stereocenters. The average molecular weight is 188 g/mol. The summed E-state index contributed by atoms with van der Waals surface area (Å²) in [7, 11) is 0. The largest absolute Gasteiger partial charge is 0.395 e. The van der Waals surface area contributed by atoms with Crippen molar-refractivity contribution in [3.8, 4) is 0 Å². The molecule has 2 atom stereocenters.